The molecule has 1 aliphatic heterocycles. The first-order valence-electron chi connectivity index (χ1n) is 11.1. The molecule has 1 heterocycles. The molecule has 0 fully saturated rings. The number of carboxylic acid groups (broad SMARTS) is 1. The standard InChI is InChI=1S/C27H25NO5/c1-32-25-11-10-23(26(29)30)21-12-14-28(15-13-22(21)25)27(31)33-16-24-19-8-4-2-6-17(19)18-7-3-5-9-20(18)24/h2-11,24H,12-16H2,1H3,(H,29,30). The molecule has 0 unspecified atom stereocenters. The zero-order valence-corrected chi connectivity index (χ0v) is 18.4. The SMILES string of the molecule is COc1ccc(C(=O)O)c2c1CCN(C(=O)OCC1c3ccccc3-c3ccccc31)CC2. The average molecular weight is 443 g/mol. The van der Waals surface area contributed by atoms with Crippen LogP contribution in [0.5, 0.6) is 5.75 Å². The minimum Gasteiger partial charge on any atom is -0.496 e. The smallest absolute Gasteiger partial charge is 0.409 e. The quantitative estimate of drug-likeness (QED) is 0.630. The monoisotopic (exact) mass is 443 g/mol. The van der Waals surface area contributed by atoms with Gasteiger partial charge in [-0.2, -0.15) is 0 Å². The third kappa shape index (κ3) is 3.71. The Balaban J connectivity index is 1.32. The van der Waals surface area contributed by atoms with Crippen molar-refractivity contribution in [3.05, 3.63) is 88.5 Å². The van der Waals surface area contributed by atoms with Gasteiger partial charge in [0.25, 0.3) is 0 Å². The predicted molar refractivity (Wildman–Crippen MR) is 124 cm³/mol. The minimum atomic E-state index is -0.969. The van der Waals surface area contributed by atoms with Crippen molar-refractivity contribution in [2.45, 2.75) is 18.8 Å². The van der Waals surface area contributed by atoms with Crippen LogP contribution in [0.15, 0.2) is 60.7 Å². The van der Waals surface area contributed by atoms with Crippen molar-refractivity contribution < 1.29 is 24.2 Å². The molecule has 0 bridgehead atoms. The number of carbonyl (C=O) groups excluding carboxylic acids is 1. The highest BCUT2D eigenvalue weighted by atomic mass is 16.6. The van der Waals surface area contributed by atoms with Gasteiger partial charge in [0.15, 0.2) is 0 Å². The highest BCUT2D eigenvalue weighted by molar-refractivity contribution is 5.90. The fourth-order valence-corrected chi connectivity index (χ4v) is 5.10. The van der Waals surface area contributed by atoms with Crippen LogP contribution in [0.1, 0.15) is 38.5 Å². The van der Waals surface area contributed by atoms with Crippen molar-refractivity contribution in [1.29, 1.82) is 0 Å². The lowest BCUT2D eigenvalue weighted by Crippen LogP contribution is -2.34. The van der Waals surface area contributed by atoms with Gasteiger partial charge in [0.2, 0.25) is 0 Å². The van der Waals surface area contributed by atoms with E-state index in [4.69, 9.17) is 9.47 Å². The Morgan fingerprint density at radius 1 is 0.909 bits per heavy atom. The summed E-state index contributed by atoms with van der Waals surface area (Å²) in [5.41, 5.74) is 6.57. The Hall–Kier alpha value is -3.80. The van der Waals surface area contributed by atoms with E-state index in [1.807, 2.05) is 24.3 Å². The molecular weight excluding hydrogens is 418 g/mol. The number of amides is 1. The van der Waals surface area contributed by atoms with E-state index in [-0.39, 0.29) is 24.2 Å². The molecule has 0 radical (unpaired) electrons. The van der Waals surface area contributed by atoms with Crippen LogP contribution in [0.2, 0.25) is 0 Å². The first kappa shape index (κ1) is 21.1. The summed E-state index contributed by atoms with van der Waals surface area (Å²) in [5, 5.41) is 9.59. The molecular formula is C27H25NO5. The van der Waals surface area contributed by atoms with Gasteiger partial charge in [0.05, 0.1) is 12.7 Å². The maximum absolute atomic E-state index is 13.0. The summed E-state index contributed by atoms with van der Waals surface area (Å²) < 4.78 is 11.3. The first-order chi connectivity index (χ1) is 16.1. The fourth-order valence-electron chi connectivity index (χ4n) is 5.10. The van der Waals surface area contributed by atoms with Gasteiger partial charge in [0, 0.05) is 19.0 Å². The summed E-state index contributed by atoms with van der Waals surface area (Å²) in [6.45, 7) is 1.11. The second-order valence-electron chi connectivity index (χ2n) is 8.37. The number of fused-ring (bicyclic) bond motifs is 4. The number of rotatable bonds is 4. The van der Waals surface area contributed by atoms with Crippen molar-refractivity contribution in [3.8, 4) is 16.9 Å². The average Bonchev–Trinajstić information content (AvgIpc) is 2.98. The molecule has 0 atom stereocenters. The van der Waals surface area contributed by atoms with Gasteiger partial charge in [0.1, 0.15) is 12.4 Å². The van der Waals surface area contributed by atoms with E-state index in [0.717, 1.165) is 11.1 Å². The Morgan fingerprint density at radius 2 is 1.52 bits per heavy atom. The van der Waals surface area contributed by atoms with E-state index in [0.29, 0.717) is 31.7 Å². The molecule has 3 aromatic carbocycles. The molecule has 3 aromatic rings. The third-order valence-corrected chi connectivity index (χ3v) is 6.70. The van der Waals surface area contributed by atoms with E-state index in [9.17, 15) is 14.7 Å². The Bertz CT molecular complexity index is 1190. The van der Waals surface area contributed by atoms with E-state index >= 15 is 0 Å². The molecule has 1 aliphatic carbocycles. The van der Waals surface area contributed by atoms with E-state index < -0.39 is 5.97 Å². The molecule has 0 spiro atoms. The first-order valence-corrected chi connectivity index (χ1v) is 11.1. The van der Waals surface area contributed by atoms with Crippen molar-refractivity contribution in [2.24, 2.45) is 0 Å². The Kier molecular flexibility index (Phi) is 5.50. The number of benzene rings is 3. The summed E-state index contributed by atoms with van der Waals surface area (Å²) in [7, 11) is 1.57. The molecule has 5 rings (SSSR count). The normalized spacial score (nSPS) is 14.6. The number of carboxylic acids is 1. The van der Waals surface area contributed by atoms with Crippen molar-refractivity contribution >= 4 is 12.1 Å². The van der Waals surface area contributed by atoms with Crippen LogP contribution in [-0.2, 0) is 17.6 Å². The fraction of sp³-hybridized carbons (Fsp3) is 0.259. The van der Waals surface area contributed by atoms with Crippen LogP contribution in [0.25, 0.3) is 11.1 Å². The molecule has 6 heteroatoms. The molecule has 0 aromatic heterocycles. The second kappa shape index (κ2) is 8.62. The number of carbonyl (C=O) groups is 2. The number of aromatic carboxylic acids is 1. The predicted octanol–water partition coefficient (Wildman–Crippen LogP) is 4.74. The highest BCUT2D eigenvalue weighted by Gasteiger charge is 2.30. The lowest BCUT2D eigenvalue weighted by Gasteiger charge is -2.22. The second-order valence-corrected chi connectivity index (χ2v) is 8.37. The van der Waals surface area contributed by atoms with Gasteiger partial charge in [-0.15, -0.1) is 0 Å². The summed E-state index contributed by atoms with van der Waals surface area (Å²) in [5.74, 6) is -0.308. The minimum absolute atomic E-state index is 0.00392. The number of hydrogen-bond acceptors (Lipinski definition) is 4. The Morgan fingerprint density at radius 3 is 2.12 bits per heavy atom. The molecule has 1 amide bonds. The van der Waals surface area contributed by atoms with Crippen LogP contribution in [0.4, 0.5) is 4.79 Å². The van der Waals surface area contributed by atoms with Gasteiger partial charge in [-0.3, -0.25) is 0 Å². The summed E-state index contributed by atoms with van der Waals surface area (Å²) in [6, 6.07) is 19.7. The molecule has 33 heavy (non-hydrogen) atoms. The van der Waals surface area contributed by atoms with Crippen LogP contribution >= 0.6 is 0 Å². The van der Waals surface area contributed by atoms with Crippen LogP contribution in [0.3, 0.4) is 0 Å². The summed E-state index contributed by atoms with van der Waals surface area (Å²) in [4.78, 5) is 26.4. The van der Waals surface area contributed by atoms with Crippen molar-refractivity contribution in [1.82, 2.24) is 4.90 Å². The van der Waals surface area contributed by atoms with Gasteiger partial charge >= 0.3 is 12.1 Å². The summed E-state index contributed by atoms with van der Waals surface area (Å²) >= 11 is 0. The van der Waals surface area contributed by atoms with Gasteiger partial charge in [-0.1, -0.05) is 48.5 Å². The third-order valence-electron chi connectivity index (χ3n) is 6.70. The van der Waals surface area contributed by atoms with Gasteiger partial charge in [-0.05, 0) is 58.4 Å². The van der Waals surface area contributed by atoms with Gasteiger partial charge in [-0.25, -0.2) is 9.59 Å². The molecule has 6 nitrogen and oxygen atoms in total. The van der Waals surface area contributed by atoms with Gasteiger partial charge < -0.3 is 19.5 Å². The topological polar surface area (TPSA) is 76.1 Å². The molecule has 1 N–H and O–H groups in total. The lowest BCUT2D eigenvalue weighted by atomic mass is 9.96. The van der Waals surface area contributed by atoms with Crippen molar-refractivity contribution in [2.75, 3.05) is 26.8 Å². The van der Waals surface area contributed by atoms with Crippen molar-refractivity contribution in [3.63, 3.8) is 0 Å². The number of ether oxygens (including phenoxy) is 2. The molecule has 0 saturated heterocycles. The molecule has 168 valence electrons. The van der Waals surface area contributed by atoms with E-state index in [1.54, 1.807) is 24.1 Å². The van der Waals surface area contributed by atoms with Crippen LogP contribution in [-0.4, -0.2) is 48.9 Å². The molecule has 2 aliphatic rings. The number of methoxy groups -OCH3 is 1. The number of nitrogens with zero attached hydrogens (tertiary/aromatic N) is 1. The lowest BCUT2D eigenvalue weighted by molar-refractivity contribution is 0.0695. The van der Waals surface area contributed by atoms with Crippen LogP contribution in [0, 0.1) is 0 Å². The van der Waals surface area contributed by atoms with E-state index in [1.165, 1.54) is 22.3 Å². The maximum atomic E-state index is 13.0. The maximum Gasteiger partial charge on any atom is 0.409 e. The highest BCUT2D eigenvalue weighted by Crippen LogP contribution is 2.44. The Labute approximate surface area is 192 Å². The molecule has 0 saturated carbocycles. The number of hydrogen-bond donors (Lipinski definition) is 1. The van der Waals surface area contributed by atoms with Crippen LogP contribution < -0.4 is 4.74 Å². The summed E-state index contributed by atoms with van der Waals surface area (Å²) in [6.07, 6.45) is 0.586. The zero-order valence-electron chi connectivity index (χ0n) is 18.4. The zero-order chi connectivity index (χ0) is 22.9. The van der Waals surface area contributed by atoms with E-state index in [2.05, 4.69) is 24.3 Å². The largest absolute Gasteiger partial charge is 0.496 e.